The van der Waals surface area contributed by atoms with Gasteiger partial charge in [-0.2, -0.15) is 0 Å². The van der Waals surface area contributed by atoms with Gasteiger partial charge >= 0.3 is 0 Å². The van der Waals surface area contributed by atoms with Crippen LogP contribution in [-0.4, -0.2) is 4.33 Å². The average molecular weight is 273 g/mol. The maximum absolute atomic E-state index is 6.90. The van der Waals surface area contributed by atoms with Gasteiger partial charge in [0.25, 0.3) is 0 Å². The molecule has 6 unspecified atom stereocenters. The van der Waals surface area contributed by atoms with Gasteiger partial charge in [0.1, 0.15) is 4.33 Å². The zero-order valence-corrected chi connectivity index (χ0v) is 11.9. The summed E-state index contributed by atoms with van der Waals surface area (Å²) in [6.07, 6.45) is 11.2. The Morgan fingerprint density at radius 3 is 1.41 bits per heavy atom. The smallest absolute Gasteiger partial charge is 0.101 e. The van der Waals surface area contributed by atoms with E-state index < -0.39 is 0 Å². The minimum Gasteiger partial charge on any atom is -0.101 e. The molecule has 0 aliphatic heterocycles. The molecular formula is C15H22Cl2. The number of rotatable bonds is 2. The first-order chi connectivity index (χ1) is 8.14. The second-order valence-corrected chi connectivity index (χ2v) is 8.68. The first-order valence-corrected chi connectivity index (χ1v) is 8.28. The van der Waals surface area contributed by atoms with Gasteiger partial charge in [0, 0.05) is 0 Å². The summed E-state index contributed by atoms with van der Waals surface area (Å²) in [5.74, 6) is 4.87. The van der Waals surface area contributed by atoms with Crippen molar-refractivity contribution in [3.8, 4) is 0 Å². The van der Waals surface area contributed by atoms with E-state index in [4.69, 9.17) is 23.2 Å². The molecule has 0 saturated heterocycles. The molecule has 4 saturated carbocycles. The van der Waals surface area contributed by atoms with Crippen LogP contribution in [0.1, 0.15) is 51.4 Å². The number of fused-ring (bicyclic) bond motifs is 4. The molecular weight excluding hydrogens is 251 g/mol. The fourth-order valence-corrected chi connectivity index (χ4v) is 6.78. The van der Waals surface area contributed by atoms with Crippen molar-refractivity contribution in [2.45, 2.75) is 55.7 Å². The fourth-order valence-electron chi connectivity index (χ4n) is 5.71. The minimum atomic E-state index is -0.389. The van der Waals surface area contributed by atoms with E-state index in [1.807, 2.05) is 0 Å². The SMILES string of the molecule is ClC(Cl)(C1CC2CCC1C2)C1CC2CCC1C2. The lowest BCUT2D eigenvalue weighted by molar-refractivity contribution is 0.199. The van der Waals surface area contributed by atoms with E-state index in [0.29, 0.717) is 11.8 Å². The molecule has 4 aliphatic carbocycles. The van der Waals surface area contributed by atoms with Crippen LogP contribution in [0.3, 0.4) is 0 Å². The zero-order valence-electron chi connectivity index (χ0n) is 10.4. The molecule has 6 atom stereocenters. The van der Waals surface area contributed by atoms with Crippen LogP contribution in [0, 0.1) is 35.5 Å². The number of hydrogen-bond acceptors (Lipinski definition) is 0. The summed E-state index contributed by atoms with van der Waals surface area (Å²) in [5, 5.41) is 0. The second kappa shape index (κ2) is 3.79. The molecule has 0 nitrogen and oxygen atoms in total. The van der Waals surface area contributed by atoms with Gasteiger partial charge in [0.15, 0.2) is 0 Å². The van der Waals surface area contributed by atoms with Crippen LogP contribution in [0.25, 0.3) is 0 Å². The maximum atomic E-state index is 6.90. The summed E-state index contributed by atoms with van der Waals surface area (Å²) in [6.45, 7) is 0. The normalized spacial score (nSPS) is 52.6. The van der Waals surface area contributed by atoms with E-state index in [1.54, 1.807) is 0 Å². The molecule has 0 amide bonds. The quantitative estimate of drug-likeness (QED) is 0.619. The van der Waals surface area contributed by atoms with Gasteiger partial charge in [-0.3, -0.25) is 0 Å². The molecule has 0 heterocycles. The molecule has 4 fully saturated rings. The molecule has 0 aromatic carbocycles. The van der Waals surface area contributed by atoms with E-state index in [-0.39, 0.29) is 4.33 Å². The first kappa shape index (κ1) is 11.4. The van der Waals surface area contributed by atoms with Crippen molar-refractivity contribution in [2.24, 2.45) is 35.5 Å². The highest BCUT2D eigenvalue weighted by Crippen LogP contribution is 2.63. The summed E-state index contributed by atoms with van der Waals surface area (Å²) in [6, 6.07) is 0. The van der Waals surface area contributed by atoms with Gasteiger partial charge in [0.2, 0.25) is 0 Å². The van der Waals surface area contributed by atoms with Crippen molar-refractivity contribution in [3.63, 3.8) is 0 Å². The van der Waals surface area contributed by atoms with Crippen LogP contribution >= 0.6 is 23.2 Å². The van der Waals surface area contributed by atoms with Gasteiger partial charge in [-0.15, -0.1) is 23.2 Å². The van der Waals surface area contributed by atoms with Gasteiger partial charge in [-0.05, 0) is 74.0 Å². The van der Waals surface area contributed by atoms with E-state index in [0.717, 1.165) is 23.7 Å². The molecule has 2 heteroatoms. The Bertz CT molecular complexity index is 295. The van der Waals surface area contributed by atoms with Crippen molar-refractivity contribution >= 4 is 23.2 Å². The standard InChI is InChI=1S/C15H22Cl2/c16-15(17,13-7-9-1-3-11(13)5-9)14-8-10-2-4-12(14)6-10/h9-14H,1-8H2. The van der Waals surface area contributed by atoms with Crippen LogP contribution < -0.4 is 0 Å². The third-order valence-electron chi connectivity index (χ3n) is 6.46. The topological polar surface area (TPSA) is 0 Å². The third-order valence-corrected chi connectivity index (χ3v) is 7.59. The van der Waals surface area contributed by atoms with Crippen molar-refractivity contribution in [1.29, 1.82) is 0 Å². The van der Waals surface area contributed by atoms with Crippen LogP contribution in [0.4, 0.5) is 0 Å². The Morgan fingerprint density at radius 1 is 0.647 bits per heavy atom. The van der Waals surface area contributed by atoms with Crippen LogP contribution in [-0.2, 0) is 0 Å². The van der Waals surface area contributed by atoms with Crippen molar-refractivity contribution < 1.29 is 0 Å². The van der Waals surface area contributed by atoms with Gasteiger partial charge in [-0.25, -0.2) is 0 Å². The molecule has 96 valence electrons. The lowest BCUT2D eigenvalue weighted by atomic mass is 9.76. The van der Waals surface area contributed by atoms with Crippen molar-refractivity contribution in [2.75, 3.05) is 0 Å². The summed E-state index contributed by atoms with van der Waals surface area (Å²) < 4.78 is -0.389. The lowest BCUT2D eigenvalue weighted by Gasteiger charge is -2.41. The van der Waals surface area contributed by atoms with Crippen molar-refractivity contribution in [3.05, 3.63) is 0 Å². The third kappa shape index (κ3) is 1.62. The Morgan fingerprint density at radius 2 is 1.12 bits per heavy atom. The molecule has 4 aliphatic rings. The fraction of sp³-hybridized carbons (Fsp3) is 1.00. The Balaban J connectivity index is 1.55. The Labute approximate surface area is 114 Å². The second-order valence-electron chi connectivity index (χ2n) is 7.24. The predicted octanol–water partition coefficient (Wildman–Crippen LogP) is 5.03. The monoisotopic (exact) mass is 272 g/mol. The number of alkyl halides is 2. The minimum absolute atomic E-state index is 0.389. The molecule has 4 rings (SSSR count). The van der Waals surface area contributed by atoms with E-state index in [1.165, 1.54) is 51.4 Å². The highest BCUT2D eigenvalue weighted by molar-refractivity contribution is 6.48. The highest BCUT2D eigenvalue weighted by Gasteiger charge is 2.57. The maximum Gasteiger partial charge on any atom is 0.124 e. The molecule has 0 N–H and O–H groups in total. The van der Waals surface area contributed by atoms with Gasteiger partial charge < -0.3 is 0 Å². The number of halogens is 2. The van der Waals surface area contributed by atoms with Crippen LogP contribution in [0.15, 0.2) is 0 Å². The van der Waals surface area contributed by atoms with E-state index in [9.17, 15) is 0 Å². The van der Waals surface area contributed by atoms with Gasteiger partial charge in [-0.1, -0.05) is 12.8 Å². The average Bonchev–Trinajstić information content (AvgIpc) is 3.07. The zero-order chi connectivity index (χ0) is 11.6. The predicted molar refractivity (Wildman–Crippen MR) is 72.3 cm³/mol. The van der Waals surface area contributed by atoms with Crippen LogP contribution in [0.5, 0.6) is 0 Å². The molecule has 0 aromatic heterocycles. The lowest BCUT2D eigenvalue weighted by Crippen LogP contribution is -2.40. The first-order valence-electron chi connectivity index (χ1n) is 7.52. The molecule has 0 aromatic rings. The van der Waals surface area contributed by atoms with E-state index in [2.05, 4.69) is 0 Å². The Hall–Kier alpha value is 0.580. The molecule has 4 bridgehead atoms. The molecule has 17 heavy (non-hydrogen) atoms. The van der Waals surface area contributed by atoms with Gasteiger partial charge in [0.05, 0.1) is 0 Å². The summed E-state index contributed by atoms with van der Waals surface area (Å²) in [7, 11) is 0. The highest BCUT2D eigenvalue weighted by atomic mass is 35.5. The summed E-state index contributed by atoms with van der Waals surface area (Å²) in [4.78, 5) is 0. The summed E-state index contributed by atoms with van der Waals surface area (Å²) in [5.41, 5.74) is 0. The van der Waals surface area contributed by atoms with Crippen molar-refractivity contribution in [1.82, 2.24) is 0 Å². The largest absolute Gasteiger partial charge is 0.124 e. The Kier molecular flexibility index (Phi) is 2.54. The van der Waals surface area contributed by atoms with Crippen LogP contribution in [0.2, 0.25) is 0 Å². The summed E-state index contributed by atoms with van der Waals surface area (Å²) >= 11 is 13.8. The molecule has 0 radical (unpaired) electrons. The van der Waals surface area contributed by atoms with E-state index >= 15 is 0 Å². The number of hydrogen-bond donors (Lipinski definition) is 0. The molecule has 0 spiro atoms.